The van der Waals surface area contributed by atoms with Gasteiger partial charge in [0.25, 0.3) is 0 Å². The van der Waals surface area contributed by atoms with E-state index in [0.717, 1.165) is 52.1 Å². The number of benzene rings is 1. The van der Waals surface area contributed by atoms with Gasteiger partial charge in [-0.1, -0.05) is 30.3 Å². The molecule has 2 aliphatic heterocycles. The van der Waals surface area contributed by atoms with E-state index in [4.69, 9.17) is 0 Å². The number of thiophene rings is 1. The summed E-state index contributed by atoms with van der Waals surface area (Å²) in [6.07, 6.45) is 2.27. The quantitative estimate of drug-likeness (QED) is 0.800. The largest absolute Gasteiger partial charge is 0.338 e. The van der Waals surface area contributed by atoms with E-state index < -0.39 is 0 Å². The third-order valence-electron chi connectivity index (χ3n) is 5.90. The summed E-state index contributed by atoms with van der Waals surface area (Å²) in [5, 5.41) is 5.05. The Hall–Kier alpha value is -2.38. The van der Waals surface area contributed by atoms with E-state index in [1.807, 2.05) is 15.9 Å². The molecule has 1 aromatic heterocycles. The average molecular weight is 427 g/mol. The maximum atomic E-state index is 12.6. The number of hydrogen-bond donors (Lipinski definition) is 1. The Bertz CT molecular complexity index is 854. The number of carbonyl (C=O) groups excluding carboxylic acids is 2. The average Bonchev–Trinajstić information content (AvgIpc) is 3.12. The number of nitrogens with one attached hydrogen (secondary N) is 1. The molecular formula is C23H30N4O2S. The highest BCUT2D eigenvalue weighted by Gasteiger charge is 2.22. The molecular weight excluding hydrogens is 396 g/mol. The number of carbonyl (C=O) groups is 2. The molecule has 0 spiro atoms. The van der Waals surface area contributed by atoms with Crippen molar-refractivity contribution in [3.05, 3.63) is 57.8 Å². The summed E-state index contributed by atoms with van der Waals surface area (Å²) in [4.78, 5) is 32.7. The van der Waals surface area contributed by atoms with Crippen LogP contribution in [0.2, 0.25) is 0 Å². The molecule has 0 radical (unpaired) electrons. The van der Waals surface area contributed by atoms with Crippen LogP contribution in [0, 0.1) is 0 Å². The van der Waals surface area contributed by atoms with Gasteiger partial charge in [-0.25, -0.2) is 4.79 Å². The number of urea groups is 1. The fourth-order valence-corrected chi connectivity index (χ4v) is 5.07. The van der Waals surface area contributed by atoms with Crippen LogP contribution in [0.3, 0.4) is 0 Å². The van der Waals surface area contributed by atoms with Crippen LogP contribution in [-0.4, -0.2) is 65.9 Å². The van der Waals surface area contributed by atoms with Gasteiger partial charge in [-0.05, 0) is 35.4 Å². The molecule has 0 atom stereocenters. The van der Waals surface area contributed by atoms with Crippen molar-refractivity contribution in [2.24, 2.45) is 0 Å². The van der Waals surface area contributed by atoms with Crippen LogP contribution in [0.15, 0.2) is 41.8 Å². The van der Waals surface area contributed by atoms with E-state index in [2.05, 4.69) is 45.9 Å². The number of hydrogen-bond acceptors (Lipinski definition) is 4. The fourth-order valence-electron chi connectivity index (χ4n) is 4.18. The maximum Gasteiger partial charge on any atom is 0.317 e. The van der Waals surface area contributed by atoms with E-state index in [1.54, 1.807) is 11.3 Å². The van der Waals surface area contributed by atoms with Gasteiger partial charge in [0.2, 0.25) is 5.91 Å². The van der Waals surface area contributed by atoms with E-state index >= 15 is 0 Å². The third kappa shape index (κ3) is 5.40. The second-order valence-electron chi connectivity index (χ2n) is 8.02. The predicted octanol–water partition coefficient (Wildman–Crippen LogP) is 2.94. The molecule has 3 heterocycles. The number of nitrogens with zero attached hydrogens (tertiary/aromatic N) is 3. The molecule has 0 aliphatic carbocycles. The minimum Gasteiger partial charge on any atom is -0.338 e. The molecule has 6 nitrogen and oxygen atoms in total. The topological polar surface area (TPSA) is 55.9 Å². The van der Waals surface area contributed by atoms with Crippen LogP contribution in [0.25, 0.3) is 0 Å². The highest BCUT2D eigenvalue weighted by Crippen LogP contribution is 2.24. The number of rotatable bonds is 5. The van der Waals surface area contributed by atoms with Crippen LogP contribution in [0.5, 0.6) is 0 Å². The number of amides is 3. The molecule has 0 bridgehead atoms. The Morgan fingerprint density at radius 1 is 0.967 bits per heavy atom. The van der Waals surface area contributed by atoms with Crippen molar-refractivity contribution in [1.82, 2.24) is 20.0 Å². The molecule has 1 aromatic carbocycles. The summed E-state index contributed by atoms with van der Waals surface area (Å²) in [5.41, 5.74) is 2.58. The van der Waals surface area contributed by atoms with Gasteiger partial charge < -0.3 is 15.1 Å². The first-order valence-electron chi connectivity index (χ1n) is 10.8. The molecule has 0 saturated carbocycles. The summed E-state index contributed by atoms with van der Waals surface area (Å²) in [6, 6.07) is 12.5. The molecule has 1 fully saturated rings. The Morgan fingerprint density at radius 2 is 1.83 bits per heavy atom. The third-order valence-corrected chi connectivity index (χ3v) is 6.92. The van der Waals surface area contributed by atoms with Crippen molar-refractivity contribution in [2.75, 3.05) is 39.3 Å². The van der Waals surface area contributed by atoms with Crippen molar-refractivity contribution >= 4 is 23.3 Å². The lowest BCUT2D eigenvalue weighted by Gasteiger charge is -2.27. The first kappa shape index (κ1) is 20.9. The van der Waals surface area contributed by atoms with Crippen LogP contribution >= 0.6 is 11.3 Å². The van der Waals surface area contributed by atoms with Crippen molar-refractivity contribution in [3.8, 4) is 0 Å². The molecule has 2 aliphatic rings. The summed E-state index contributed by atoms with van der Waals surface area (Å²) >= 11 is 1.77. The maximum absolute atomic E-state index is 12.6. The molecule has 4 rings (SSSR count). The standard InChI is InChI=1S/C23H30N4O2S/c28-22(27-13-8-21-20(18-27)9-16-30-21)7-10-24-23(29)26-12-4-11-25(14-15-26)17-19-5-2-1-3-6-19/h1-3,5-6,9,16H,4,7-8,10-15,17-18H2,(H,24,29). The lowest BCUT2D eigenvalue weighted by molar-refractivity contribution is -0.131. The second kappa shape index (κ2) is 10.1. The molecule has 7 heteroatoms. The summed E-state index contributed by atoms with van der Waals surface area (Å²) in [5.74, 6) is 0.122. The first-order chi connectivity index (χ1) is 14.7. The molecule has 3 amide bonds. The monoisotopic (exact) mass is 426 g/mol. The van der Waals surface area contributed by atoms with Gasteiger partial charge in [-0.2, -0.15) is 0 Å². The van der Waals surface area contributed by atoms with E-state index in [1.165, 1.54) is 16.0 Å². The number of fused-ring (bicyclic) bond motifs is 1. The summed E-state index contributed by atoms with van der Waals surface area (Å²) in [7, 11) is 0. The zero-order chi connectivity index (χ0) is 20.8. The van der Waals surface area contributed by atoms with Gasteiger partial charge in [0.15, 0.2) is 0 Å². The van der Waals surface area contributed by atoms with Gasteiger partial charge in [0, 0.05) is 63.7 Å². The van der Waals surface area contributed by atoms with E-state index in [9.17, 15) is 9.59 Å². The van der Waals surface area contributed by atoms with Crippen LogP contribution in [0.4, 0.5) is 4.79 Å². The second-order valence-corrected chi connectivity index (χ2v) is 9.02. The molecule has 0 unspecified atom stereocenters. The van der Waals surface area contributed by atoms with Crippen molar-refractivity contribution in [2.45, 2.75) is 32.4 Å². The highest BCUT2D eigenvalue weighted by molar-refractivity contribution is 7.10. The minimum absolute atomic E-state index is 0.0527. The van der Waals surface area contributed by atoms with E-state index in [0.29, 0.717) is 19.5 Å². The molecule has 1 N–H and O–H groups in total. The Morgan fingerprint density at radius 3 is 2.70 bits per heavy atom. The van der Waals surface area contributed by atoms with Gasteiger partial charge >= 0.3 is 6.03 Å². The zero-order valence-electron chi connectivity index (χ0n) is 17.4. The van der Waals surface area contributed by atoms with Crippen LogP contribution in [-0.2, 0) is 24.3 Å². The smallest absolute Gasteiger partial charge is 0.317 e. The summed E-state index contributed by atoms with van der Waals surface area (Å²) in [6.45, 7) is 6.16. The molecule has 1 saturated heterocycles. The lowest BCUT2D eigenvalue weighted by atomic mass is 10.1. The highest BCUT2D eigenvalue weighted by atomic mass is 32.1. The van der Waals surface area contributed by atoms with E-state index in [-0.39, 0.29) is 11.9 Å². The van der Waals surface area contributed by atoms with Gasteiger partial charge in [0.05, 0.1) is 0 Å². The Kier molecular flexibility index (Phi) is 7.02. The lowest BCUT2D eigenvalue weighted by Crippen LogP contribution is -2.43. The van der Waals surface area contributed by atoms with Crippen molar-refractivity contribution < 1.29 is 9.59 Å². The van der Waals surface area contributed by atoms with Gasteiger partial charge in [0.1, 0.15) is 0 Å². The molecule has 2 aromatic rings. The van der Waals surface area contributed by atoms with Gasteiger partial charge in [-0.15, -0.1) is 11.3 Å². The first-order valence-corrected chi connectivity index (χ1v) is 11.7. The fraction of sp³-hybridized carbons (Fsp3) is 0.478. The molecule has 160 valence electrons. The Balaban J connectivity index is 1.17. The summed E-state index contributed by atoms with van der Waals surface area (Å²) < 4.78 is 0. The Labute approximate surface area is 182 Å². The van der Waals surface area contributed by atoms with Crippen molar-refractivity contribution in [3.63, 3.8) is 0 Å². The SMILES string of the molecule is O=C(CCNC(=O)N1CCCN(Cc2ccccc2)CC1)N1CCc2sccc2C1. The van der Waals surface area contributed by atoms with Crippen molar-refractivity contribution in [1.29, 1.82) is 0 Å². The molecule has 30 heavy (non-hydrogen) atoms. The predicted molar refractivity (Wildman–Crippen MR) is 119 cm³/mol. The van der Waals surface area contributed by atoms with Gasteiger partial charge in [-0.3, -0.25) is 9.69 Å². The normalized spacial score (nSPS) is 17.3. The minimum atomic E-state index is -0.0527. The van der Waals surface area contributed by atoms with Crippen LogP contribution in [0.1, 0.15) is 28.8 Å². The van der Waals surface area contributed by atoms with Crippen LogP contribution < -0.4 is 5.32 Å². The zero-order valence-corrected chi connectivity index (χ0v) is 18.2.